The average molecular weight is 647 g/mol. The number of anilines is 1. The highest BCUT2D eigenvalue weighted by Gasteiger charge is 2.73. The first-order chi connectivity index (χ1) is 19.3. The Morgan fingerprint density at radius 3 is 2.70 bits per heavy atom. The summed E-state index contributed by atoms with van der Waals surface area (Å²) < 4.78 is 12.7. The molecule has 0 aliphatic carbocycles. The van der Waals surface area contributed by atoms with Crippen LogP contribution >= 0.6 is 39.1 Å². The minimum atomic E-state index is -1.38. The maximum atomic E-state index is 13.7. The second kappa shape index (κ2) is 10.5. The summed E-state index contributed by atoms with van der Waals surface area (Å²) >= 11 is 15.9. The van der Waals surface area contributed by atoms with Crippen molar-refractivity contribution in [2.24, 2.45) is 0 Å². The van der Waals surface area contributed by atoms with Gasteiger partial charge in [0.15, 0.2) is 17.0 Å². The largest absolute Gasteiger partial charge is 0.490 e. The van der Waals surface area contributed by atoms with Gasteiger partial charge in [-0.2, -0.15) is 0 Å². The molecular formula is C29H26BrCl2N3O5. The lowest BCUT2D eigenvalue weighted by Crippen LogP contribution is -2.55. The summed E-state index contributed by atoms with van der Waals surface area (Å²) in [6.45, 7) is 3.06. The van der Waals surface area contributed by atoms with Crippen molar-refractivity contribution in [3.05, 3.63) is 95.9 Å². The molecule has 0 bridgehead atoms. The smallest absolute Gasteiger partial charge is 0.256 e. The number of nitro groups is 1. The Morgan fingerprint density at radius 1 is 1.15 bits per heavy atom. The first-order valence-corrected chi connectivity index (χ1v) is 14.7. The fourth-order valence-corrected chi connectivity index (χ4v) is 7.64. The lowest BCUT2D eigenvalue weighted by molar-refractivity contribution is -0.534. The van der Waals surface area contributed by atoms with Crippen molar-refractivity contribution in [3.8, 4) is 11.5 Å². The molecule has 2 saturated heterocycles. The minimum Gasteiger partial charge on any atom is -0.490 e. The van der Waals surface area contributed by atoms with Crippen LogP contribution in [0.3, 0.4) is 0 Å². The van der Waals surface area contributed by atoms with Gasteiger partial charge in [0, 0.05) is 28.8 Å². The maximum Gasteiger partial charge on any atom is 0.256 e. The van der Waals surface area contributed by atoms with Crippen molar-refractivity contribution >= 4 is 50.7 Å². The topological polar surface area (TPSA) is 93.9 Å². The fourth-order valence-electron chi connectivity index (χ4n) is 6.74. The number of hydrogen-bond acceptors (Lipinski definition) is 6. The van der Waals surface area contributed by atoms with E-state index in [0.717, 1.165) is 24.0 Å². The molecule has 8 nitrogen and oxygen atoms in total. The summed E-state index contributed by atoms with van der Waals surface area (Å²) in [6, 6.07) is 14.9. The van der Waals surface area contributed by atoms with Gasteiger partial charge in [-0.05, 0) is 77.2 Å². The summed E-state index contributed by atoms with van der Waals surface area (Å²) in [5.74, 6) is 0.0644. The van der Waals surface area contributed by atoms with Crippen LogP contribution in [0.2, 0.25) is 10.0 Å². The van der Waals surface area contributed by atoms with Crippen LogP contribution < -0.4 is 14.8 Å². The number of ether oxygens (including phenoxy) is 2. The number of halogens is 3. The van der Waals surface area contributed by atoms with Gasteiger partial charge in [0.05, 0.1) is 27.0 Å². The lowest BCUT2D eigenvalue weighted by Gasteiger charge is -2.32. The van der Waals surface area contributed by atoms with E-state index in [4.69, 9.17) is 32.7 Å². The van der Waals surface area contributed by atoms with Gasteiger partial charge >= 0.3 is 0 Å². The first-order valence-electron chi connectivity index (χ1n) is 13.1. The van der Waals surface area contributed by atoms with Gasteiger partial charge in [-0.1, -0.05) is 47.5 Å². The summed E-state index contributed by atoms with van der Waals surface area (Å²) in [4.78, 5) is 28.4. The third-order valence-electron chi connectivity index (χ3n) is 8.18. The number of hydrogen-bond donors (Lipinski definition) is 1. The van der Waals surface area contributed by atoms with Gasteiger partial charge in [-0.15, -0.1) is 0 Å². The van der Waals surface area contributed by atoms with Gasteiger partial charge < -0.3 is 14.8 Å². The molecule has 0 saturated carbocycles. The monoisotopic (exact) mass is 645 g/mol. The normalized spacial score (nSPS) is 25.1. The van der Waals surface area contributed by atoms with Crippen LogP contribution in [0, 0.1) is 10.1 Å². The molecule has 3 aliphatic heterocycles. The SMILES string of the molecule is CCOc1cc([C@H]2[C@H]([N+](=O)[O-])[C@@]3(C(=O)Nc4ccccc43)N3CCC[C@@H]23)cc(Br)c1OCc1ccc(Cl)c(Cl)c1. The molecule has 0 radical (unpaired) electrons. The number of para-hydroxylation sites is 1. The number of benzene rings is 3. The zero-order valence-corrected chi connectivity index (χ0v) is 24.6. The van der Waals surface area contributed by atoms with Crippen molar-refractivity contribution in [3.63, 3.8) is 0 Å². The minimum absolute atomic E-state index is 0.184. The van der Waals surface area contributed by atoms with E-state index in [1.54, 1.807) is 18.2 Å². The molecule has 1 amide bonds. The highest BCUT2D eigenvalue weighted by Crippen LogP contribution is 2.58. The predicted octanol–water partition coefficient (Wildman–Crippen LogP) is 6.79. The number of fused-ring (bicyclic) bond motifs is 4. The molecule has 40 heavy (non-hydrogen) atoms. The Balaban J connectivity index is 1.43. The zero-order chi connectivity index (χ0) is 28.2. The molecular weight excluding hydrogens is 621 g/mol. The zero-order valence-electron chi connectivity index (χ0n) is 21.5. The predicted molar refractivity (Wildman–Crippen MR) is 156 cm³/mol. The van der Waals surface area contributed by atoms with Crippen LogP contribution in [0.15, 0.2) is 59.1 Å². The maximum absolute atomic E-state index is 13.7. The number of carbonyl (C=O) groups excluding carboxylic acids is 1. The lowest BCUT2D eigenvalue weighted by atomic mass is 9.77. The van der Waals surface area contributed by atoms with Gasteiger partial charge in [-0.25, -0.2) is 0 Å². The molecule has 0 aromatic heterocycles. The van der Waals surface area contributed by atoms with Crippen molar-refractivity contribution in [2.45, 2.75) is 49.9 Å². The van der Waals surface area contributed by atoms with E-state index < -0.39 is 17.5 Å². The van der Waals surface area contributed by atoms with Crippen molar-refractivity contribution in [1.82, 2.24) is 4.90 Å². The molecule has 208 valence electrons. The second-order valence-electron chi connectivity index (χ2n) is 10.2. The molecule has 0 unspecified atom stereocenters. The highest BCUT2D eigenvalue weighted by molar-refractivity contribution is 9.10. The van der Waals surface area contributed by atoms with Gasteiger partial charge in [0.25, 0.3) is 11.9 Å². The molecule has 11 heteroatoms. The van der Waals surface area contributed by atoms with E-state index in [1.165, 1.54) is 0 Å². The molecule has 2 fully saturated rings. The molecule has 4 atom stereocenters. The van der Waals surface area contributed by atoms with E-state index in [1.807, 2.05) is 43.3 Å². The molecule has 3 heterocycles. The third-order valence-corrected chi connectivity index (χ3v) is 9.51. The van der Waals surface area contributed by atoms with Gasteiger partial charge in [0.2, 0.25) is 0 Å². The highest BCUT2D eigenvalue weighted by atomic mass is 79.9. The van der Waals surface area contributed by atoms with E-state index in [-0.39, 0.29) is 23.5 Å². The van der Waals surface area contributed by atoms with E-state index in [2.05, 4.69) is 26.1 Å². The van der Waals surface area contributed by atoms with Crippen LogP contribution in [0.1, 0.15) is 42.4 Å². The Labute approximate surface area is 249 Å². The molecule has 3 aromatic carbocycles. The third kappa shape index (κ3) is 4.17. The van der Waals surface area contributed by atoms with Crippen LogP contribution in [0.5, 0.6) is 11.5 Å². The quantitative estimate of drug-likeness (QED) is 0.224. The molecule has 1 N–H and O–H groups in total. The second-order valence-corrected chi connectivity index (χ2v) is 11.9. The molecule has 3 aliphatic rings. The Bertz CT molecular complexity index is 1520. The van der Waals surface area contributed by atoms with Gasteiger partial charge in [0.1, 0.15) is 6.61 Å². The van der Waals surface area contributed by atoms with Crippen LogP contribution in [-0.2, 0) is 16.9 Å². The standard InChI is InChI=1S/C29H26BrCl2N3O5/c1-2-39-24-14-17(13-19(30)26(24)40-15-16-9-10-20(31)21(32)12-16)25-23-8-5-11-34(23)29(27(25)35(37)38)18-6-3-4-7-22(18)33-28(29)36/h3-4,6-7,9-10,12-14,23,25,27H,2,5,8,11,15H2,1H3,(H,33,36)/t23-,25+,27-,29-/m0/s1. The Hall–Kier alpha value is -2.85. The fraction of sp³-hybridized carbons (Fsp3) is 0.345. The van der Waals surface area contributed by atoms with Crippen LogP contribution in [0.4, 0.5) is 5.69 Å². The molecule has 6 rings (SSSR count). The van der Waals surface area contributed by atoms with E-state index in [9.17, 15) is 14.9 Å². The summed E-state index contributed by atoms with van der Waals surface area (Å²) in [5, 5.41) is 16.7. The Morgan fingerprint density at radius 2 is 1.95 bits per heavy atom. The van der Waals surface area contributed by atoms with Crippen molar-refractivity contribution in [1.29, 1.82) is 0 Å². The van der Waals surface area contributed by atoms with Gasteiger partial charge in [-0.3, -0.25) is 19.8 Å². The number of carbonyl (C=O) groups is 1. The number of nitrogens with zero attached hydrogens (tertiary/aromatic N) is 2. The first kappa shape index (κ1) is 27.3. The molecule has 1 spiro atoms. The van der Waals surface area contributed by atoms with Crippen LogP contribution in [0.25, 0.3) is 0 Å². The number of amides is 1. The number of nitrogens with one attached hydrogen (secondary N) is 1. The average Bonchev–Trinajstić information content (AvgIpc) is 3.58. The summed E-state index contributed by atoms with van der Waals surface area (Å²) in [5.41, 5.74) is 1.47. The van der Waals surface area contributed by atoms with Crippen molar-refractivity contribution < 1.29 is 19.2 Å². The number of rotatable bonds is 7. The van der Waals surface area contributed by atoms with E-state index >= 15 is 0 Å². The summed E-state index contributed by atoms with van der Waals surface area (Å²) in [6.07, 6.45) is 1.61. The van der Waals surface area contributed by atoms with Crippen LogP contribution in [-0.4, -0.2) is 41.0 Å². The molecule has 3 aromatic rings. The van der Waals surface area contributed by atoms with E-state index in [0.29, 0.717) is 50.4 Å². The Kier molecular flexibility index (Phi) is 7.19. The van der Waals surface area contributed by atoms with Crippen molar-refractivity contribution in [2.75, 3.05) is 18.5 Å². The summed E-state index contributed by atoms with van der Waals surface area (Å²) in [7, 11) is 0.